The molecule has 0 saturated carbocycles. The van der Waals surface area contributed by atoms with Gasteiger partial charge in [-0.2, -0.15) is 0 Å². The third-order valence-corrected chi connectivity index (χ3v) is 1.95. The Labute approximate surface area is 75.1 Å². The maximum atomic E-state index is 9.86. The Bertz CT molecular complexity index is 109. The minimum atomic E-state index is -0.691. The fourth-order valence-electron chi connectivity index (χ4n) is 1.04. The largest absolute Gasteiger partial charge is 0.386 e. The summed E-state index contributed by atoms with van der Waals surface area (Å²) < 4.78 is 4.94. The Morgan fingerprint density at radius 3 is 2.50 bits per heavy atom. The third-order valence-electron chi connectivity index (χ3n) is 1.95. The van der Waals surface area contributed by atoms with Crippen LogP contribution in [0.4, 0.5) is 0 Å². The smallest absolute Gasteiger partial charge is 0.100 e. The quantitative estimate of drug-likeness (QED) is 0.562. The number of hydrogen-bond donors (Lipinski definition) is 2. The van der Waals surface area contributed by atoms with Crippen LogP contribution in [0.3, 0.4) is 0 Å². The van der Waals surface area contributed by atoms with Gasteiger partial charge in [0.15, 0.2) is 0 Å². The Kier molecular flexibility index (Phi) is 6.34. The van der Waals surface area contributed by atoms with Gasteiger partial charge in [-0.3, -0.25) is 0 Å². The standard InChI is InChI=1S/C9H21NO2/c1-4-6-10-7-9(11,5-2)8-12-3/h10-11H,4-8H2,1-3H3. The van der Waals surface area contributed by atoms with Gasteiger partial charge in [-0.05, 0) is 19.4 Å². The van der Waals surface area contributed by atoms with Crippen molar-refractivity contribution in [3.8, 4) is 0 Å². The first kappa shape index (κ1) is 11.9. The number of ether oxygens (including phenoxy) is 1. The summed E-state index contributed by atoms with van der Waals surface area (Å²) in [5, 5.41) is 13.0. The molecule has 12 heavy (non-hydrogen) atoms. The highest BCUT2D eigenvalue weighted by Gasteiger charge is 2.23. The first-order chi connectivity index (χ1) is 5.68. The molecule has 0 aromatic heterocycles. The fourth-order valence-corrected chi connectivity index (χ4v) is 1.04. The maximum absolute atomic E-state index is 9.86. The van der Waals surface area contributed by atoms with E-state index in [-0.39, 0.29) is 0 Å². The average molecular weight is 175 g/mol. The van der Waals surface area contributed by atoms with Crippen LogP contribution >= 0.6 is 0 Å². The third kappa shape index (κ3) is 4.70. The molecule has 0 aliphatic heterocycles. The van der Waals surface area contributed by atoms with E-state index in [9.17, 15) is 5.11 Å². The van der Waals surface area contributed by atoms with Crippen LogP contribution in [0.2, 0.25) is 0 Å². The first-order valence-corrected chi connectivity index (χ1v) is 4.60. The van der Waals surface area contributed by atoms with Gasteiger partial charge in [0.1, 0.15) is 5.60 Å². The molecule has 0 aliphatic carbocycles. The van der Waals surface area contributed by atoms with Crippen molar-refractivity contribution in [2.75, 3.05) is 26.8 Å². The molecule has 0 bridgehead atoms. The molecule has 0 rings (SSSR count). The van der Waals surface area contributed by atoms with Crippen molar-refractivity contribution in [1.82, 2.24) is 5.32 Å². The van der Waals surface area contributed by atoms with Gasteiger partial charge in [0.25, 0.3) is 0 Å². The van der Waals surface area contributed by atoms with Crippen molar-refractivity contribution in [1.29, 1.82) is 0 Å². The second-order valence-electron chi connectivity index (χ2n) is 3.19. The molecule has 0 amide bonds. The number of rotatable bonds is 7. The van der Waals surface area contributed by atoms with Gasteiger partial charge in [-0.1, -0.05) is 13.8 Å². The minimum absolute atomic E-state index is 0.403. The van der Waals surface area contributed by atoms with Gasteiger partial charge < -0.3 is 15.2 Å². The SMILES string of the molecule is CCCNCC(O)(CC)COC. The lowest BCUT2D eigenvalue weighted by Gasteiger charge is -2.26. The van der Waals surface area contributed by atoms with Crippen LogP contribution in [0, 0.1) is 0 Å². The summed E-state index contributed by atoms with van der Waals surface area (Å²) in [6.07, 6.45) is 1.81. The van der Waals surface area contributed by atoms with E-state index in [0.29, 0.717) is 13.2 Å². The highest BCUT2D eigenvalue weighted by Crippen LogP contribution is 2.08. The highest BCUT2D eigenvalue weighted by molar-refractivity contribution is 4.78. The Morgan fingerprint density at radius 2 is 2.08 bits per heavy atom. The monoisotopic (exact) mass is 175 g/mol. The lowest BCUT2D eigenvalue weighted by molar-refractivity contribution is -0.0322. The van der Waals surface area contributed by atoms with Crippen LogP contribution in [0.25, 0.3) is 0 Å². The summed E-state index contributed by atoms with van der Waals surface area (Å²) in [4.78, 5) is 0. The molecule has 0 spiro atoms. The average Bonchev–Trinajstić information content (AvgIpc) is 2.06. The minimum Gasteiger partial charge on any atom is -0.386 e. The Hall–Kier alpha value is -0.120. The summed E-state index contributed by atoms with van der Waals surface area (Å²) in [6.45, 7) is 6.04. The molecule has 0 heterocycles. The first-order valence-electron chi connectivity index (χ1n) is 4.60. The summed E-state index contributed by atoms with van der Waals surface area (Å²) in [6, 6.07) is 0. The normalized spacial score (nSPS) is 16.0. The van der Waals surface area contributed by atoms with Crippen molar-refractivity contribution in [3.63, 3.8) is 0 Å². The van der Waals surface area contributed by atoms with Crippen LogP contribution in [0.5, 0.6) is 0 Å². The van der Waals surface area contributed by atoms with E-state index >= 15 is 0 Å². The van der Waals surface area contributed by atoms with Crippen molar-refractivity contribution in [2.45, 2.75) is 32.3 Å². The number of aliphatic hydroxyl groups is 1. The van der Waals surface area contributed by atoms with E-state index in [1.165, 1.54) is 0 Å². The molecular formula is C9H21NO2. The molecule has 0 aromatic rings. The summed E-state index contributed by atoms with van der Waals surface area (Å²) in [5.41, 5.74) is -0.691. The molecule has 3 heteroatoms. The molecule has 1 unspecified atom stereocenters. The van der Waals surface area contributed by atoms with Crippen molar-refractivity contribution < 1.29 is 9.84 Å². The molecular weight excluding hydrogens is 154 g/mol. The summed E-state index contributed by atoms with van der Waals surface area (Å²) in [7, 11) is 1.61. The lowest BCUT2D eigenvalue weighted by atomic mass is 10.0. The van der Waals surface area contributed by atoms with Crippen LogP contribution in [-0.2, 0) is 4.74 Å². The maximum Gasteiger partial charge on any atom is 0.100 e. The molecule has 3 nitrogen and oxygen atoms in total. The molecule has 2 N–H and O–H groups in total. The topological polar surface area (TPSA) is 41.5 Å². The Morgan fingerprint density at radius 1 is 1.42 bits per heavy atom. The van der Waals surface area contributed by atoms with Gasteiger partial charge in [0.2, 0.25) is 0 Å². The summed E-state index contributed by atoms with van der Waals surface area (Å²) >= 11 is 0. The van der Waals surface area contributed by atoms with E-state index in [4.69, 9.17) is 4.74 Å². The summed E-state index contributed by atoms with van der Waals surface area (Å²) in [5.74, 6) is 0. The van der Waals surface area contributed by atoms with Crippen molar-refractivity contribution >= 4 is 0 Å². The van der Waals surface area contributed by atoms with Crippen LogP contribution in [0.15, 0.2) is 0 Å². The Balaban J connectivity index is 3.63. The van der Waals surface area contributed by atoms with Gasteiger partial charge in [0, 0.05) is 13.7 Å². The molecule has 0 aromatic carbocycles. The number of nitrogens with one attached hydrogen (secondary N) is 1. The highest BCUT2D eigenvalue weighted by atomic mass is 16.5. The molecule has 0 aliphatic rings. The van der Waals surface area contributed by atoms with E-state index in [0.717, 1.165) is 19.4 Å². The zero-order valence-electron chi connectivity index (χ0n) is 8.39. The lowest BCUT2D eigenvalue weighted by Crippen LogP contribution is -2.44. The van der Waals surface area contributed by atoms with Gasteiger partial charge in [-0.15, -0.1) is 0 Å². The molecule has 0 saturated heterocycles. The number of hydrogen-bond acceptors (Lipinski definition) is 3. The predicted octanol–water partition coefficient (Wildman–Crippen LogP) is 0.773. The van der Waals surface area contributed by atoms with Crippen LogP contribution in [0.1, 0.15) is 26.7 Å². The second-order valence-corrected chi connectivity index (χ2v) is 3.19. The predicted molar refractivity (Wildman–Crippen MR) is 50.3 cm³/mol. The van der Waals surface area contributed by atoms with Gasteiger partial charge in [0.05, 0.1) is 6.61 Å². The van der Waals surface area contributed by atoms with Gasteiger partial charge in [-0.25, -0.2) is 0 Å². The van der Waals surface area contributed by atoms with E-state index < -0.39 is 5.60 Å². The fraction of sp³-hybridized carbons (Fsp3) is 1.00. The molecule has 0 fully saturated rings. The molecule has 1 atom stereocenters. The van der Waals surface area contributed by atoms with Crippen LogP contribution in [-0.4, -0.2) is 37.5 Å². The van der Waals surface area contributed by atoms with Crippen molar-refractivity contribution in [2.24, 2.45) is 0 Å². The zero-order chi connectivity index (χ0) is 9.45. The molecule has 74 valence electrons. The molecule has 0 radical (unpaired) electrons. The number of methoxy groups -OCH3 is 1. The zero-order valence-corrected chi connectivity index (χ0v) is 8.39. The van der Waals surface area contributed by atoms with E-state index in [1.807, 2.05) is 6.92 Å². The van der Waals surface area contributed by atoms with E-state index in [1.54, 1.807) is 7.11 Å². The van der Waals surface area contributed by atoms with Crippen molar-refractivity contribution in [3.05, 3.63) is 0 Å². The van der Waals surface area contributed by atoms with Gasteiger partial charge >= 0.3 is 0 Å². The second kappa shape index (κ2) is 6.40. The van der Waals surface area contributed by atoms with E-state index in [2.05, 4.69) is 12.2 Å². The van der Waals surface area contributed by atoms with Crippen LogP contribution < -0.4 is 5.32 Å².